The van der Waals surface area contributed by atoms with Crippen molar-refractivity contribution in [2.24, 2.45) is 0 Å². The molecule has 1 aliphatic rings. The van der Waals surface area contributed by atoms with Crippen molar-refractivity contribution in [3.8, 4) is 0 Å². The van der Waals surface area contributed by atoms with E-state index < -0.39 is 0 Å². The van der Waals surface area contributed by atoms with Crippen LogP contribution >= 0.6 is 0 Å². The molecule has 3 rings (SSSR count). The van der Waals surface area contributed by atoms with Crippen molar-refractivity contribution in [2.75, 3.05) is 26.4 Å². The van der Waals surface area contributed by atoms with Gasteiger partial charge in [0, 0.05) is 26.4 Å². The van der Waals surface area contributed by atoms with Crippen LogP contribution in [0.5, 0.6) is 0 Å². The number of fused-ring (bicyclic) bond motifs is 2. The molecule has 0 radical (unpaired) electrons. The number of aryl methyl sites for hydroxylation is 1. The van der Waals surface area contributed by atoms with Gasteiger partial charge < -0.3 is 9.47 Å². The summed E-state index contributed by atoms with van der Waals surface area (Å²) in [5, 5.41) is 5.15. The van der Waals surface area contributed by atoms with Gasteiger partial charge in [-0.1, -0.05) is 88.9 Å². The molecule has 0 spiro atoms. The van der Waals surface area contributed by atoms with Crippen LogP contribution in [0.3, 0.4) is 0 Å². The van der Waals surface area contributed by atoms with Crippen LogP contribution in [0.25, 0.3) is 22.9 Å². The summed E-state index contributed by atoms with van der Waals surface area (Å²) in [6.07, 6.45) is 24.0. The van der Waals surface area contributed by atoms with E-state index in [1.807, 2.05) is 6.08 Å². The lowest BCUT2D eigenvalue weighted by Crippen LogP contribution is -2.23. The van der Waals surface area contributed by atoms with E-state index in [1.165, 1.54) is 49.9 Å². The van der Waals surface area contributed by atoms with Crippen molar-refractivity contribution < 1.29 is 9.47 Å². The highest BCUT2D eigenvalue weighted by molar-refractivity contribution is 5.84. The summed E-state index contributed by atoms with van der Waals surface area (Å²) in [4.78, 5) is 0. The minimum absolute atomic E-state index is 0.836. The maximum atomic E-state index is 5.74. The Morgan fingerprint density at radius 3 is 2.39 bits per heavy atom. The van der Waals surface area contributed by atoms with E-state index in [0.717, 1.165) is 89.8 Å². The minimum atomic E-state index is 0.836. The molecule has 0 bridgehead atoms. The summed E-state index contributed by atoms with van der Waals surface area (Å²) in [5.41, 5.74) is 6.41. The second-order valence-corrected chi connectivity index (χ2v) is 11.1. The predicted octanol–water partition coefficient (Wildman–Crippen LogP) is 9.08. The topological polar surface area (TPSA) is 18.5 Å². The van der Waals surface area contributed by atoms with Gasteiger partial charge in [-0.15, -0.1) is 0 Å². The molecule has 0 N–H and O–H groups in total. The quantitative estimate of drug-likeness (QED) is 0.136. The van der Waals surface area contributed by atoms with E-state index in [1.54, 1.807) is 0 Å². The fourth-order valence-corrected chi connectivity index (χ4v) is 5.15. The molecule has 0 atom stereocenters. The van der Waals surface area contributed by atoms with Crippen LogP contribution in [0.2, 0.25) is 0 Å². The fourth-order valence-electron chi connectivity index (χ4n) is 5.15. The maximum absolute atomic E-state index is 5.74. The number of benzene rings is 2. The third kappa shape index (κ3) is 11.1. The zero-order chi connectivity index (χ0) is 29.3. The summed E-state index contributed by atoms with van der Waals surface area (Å²) in [5.74, 6) is 0. The first-order valence-corrected chi connectivity index (χ1v) is 15.9. The summed E-state index contributed by atoms with van der Waals surface area (Å²) < 4.78 is 11.4. The molecule has 2 heteroatoms. The Morgan fingerprint density at radius 2 is 1.61 bits per heavy atom. The molecule has 0 saturated carbocycles. The Bertz CT molecular complexity index is 1350. The molecule has 0 fully saturated rings. The molecule has 2 nitrogen and oxygen atoms in total. The van der Waals surface area contributed by atoms with Crippen LogP contribution < -0.4 is 10.4 Å². The Kier molecular flexibility index (Phi) is 14.7. The SMILES string of the molecule is C=C\C=C(/C=C(/C=C1/C=c2cc3ccc(CCCOCCC)cc3cc2=CCC1=C)CC)CCCCOCCCC. The summed E-state index contributed by atoms with van der Waals surface area (Å²) in [7, 11) is 0. The minimum Gasteiger partial charge on any atom is -0.381 e. The first kappa shape index (κ1) is 32.6. The Hall–Kier alpha value is -2.94. The van der Waals surface area contributed by atoms with E-state index >= 15 is 0 Å². The Labute approximate surface area is 249 Å². The van der Waals surface area contributed by atoms with E-state index in [4.69, 9.17) is 9.47 Å². The van der Waals surface area contributed by atoms with Crippen molar-refractivity contribution >= 4 is 22.9 Å². The lowest BCUT2D eigenvalue weighted by molar-refractivity contribution is 0.127. The Balaban J connectivity index is 1.78. The van der Waals surface area contributed by atoms with Gasteiger partial charge in [-0.05, 0) is 125 Å². The fraction of sp³-hybridized carbons (Fsp3) is 0.436. The normalized spacial score (nSPS) is 15.0. The molecule has 0 heterocycles. The van der Waals surface area contributed by atoms with Gasteiger partial charge in [0.15, 0.2) is 0 Å². The number of hydrogen-bond acceptors (Lipinski definition) is 2. The molecular weight excluding hydrogens is 500 g/mol. The monoisotopic (exact) mass is 552 g/mol. The van der Waals surface area contributed by atoms with Gasteiger partial charge in [0.05, 0.1) is 0 Å². The molecule has 0 unspecified atom stereocenters. The molecule has 0 amide bonds. The van der Waals surface area contributed by atoms with Crippen LogP contribution in [-0.2, 0) is 15.9 Å². The molecule has 41 heavy (non-hydrogen) atoms. The molecule has 2 aromatic rings. The number of allylic oxidation sites excluding steroid dienone is 8. The first-order valence-electron chi connectivity index (χ1n) is 15.9. The third-order valence-corrected chi connectivity index (χ3v) is 7.59. The number of ether oxygens (including phenoxy) is 2. The second-order valence-electron chi connectivity index (χ2n) is 11.1. The van der Waals surface area contributed by atoms with Crippen molar-refractivity contribution in [2.45, 2.75) is 85.0 Å². The van der Waals surface area contributed by atoms with E-state index in [-0.39, 0.29) is 0 Å². The lowest BCUT2D eigenvalue weighted by Gasteiger charge is -2.08. The smallest absolute Gasteiger partial charge is 0.0469 e. The van der Waals surface area contributed by atoms with Gasteiger partial charge in [0.25, 0.3) is 0 Å². The van der Waals surface area contributed by atoms with E-state index in [2.05, 4.69) is 94.6 Å². The van der Waals surface area contributed by atoms with Crippen molar-refractivity contribution in [1.29, 1.82) is 0 Å². The Morgan fingerprint density at radius 1 is 0.829 bits per heavy atom. The van der Waals surface area contributed by atoms with Gasteiger partial charge in [0.1, 0.15) is 0 Å². The molecule has 0 aliphatic heterocycles. The molecule has 220 valence electrons. The maximum Gasteiger partial charge on any atom is 0.0469 e. The van der Waals surface area contributed by atoms with Gasteiger partial charge in [0.2, 0.25) is 0 Å². The van der Waals surface area contributed by atoms with Crippen LogP contribution in [0.4, 0.5) is 0 Å². The van der Waals surface area contributed by atoms with Crippen LogP contribution in [0.15, 0.2) is 90.1 Å². The largest absolute Gasteiger partial charge is 0.381 e. The van der Waals surface area contributed by atoms with Crippen LogP contribution in [-0.4, -0.2) is 26.4 Å². The zero-order valence-corrected chi connectivity index (χ0v) is 26.0. The van der Waals surface area contributed by atoms with Gasteiger partial charge >= 0.3 is 0 Å². The molecule has 2 aromatic carbocycles. The lowest BCUT2D eigenvalue weighted by atomic mass is 9.98. The highest BCUT2D eigenvalue weighted by atomic mass is 16.5. The number of rotatable bonds is 18. The zero-order valence-electron chi connectivity index (χ0n) is 26.0. The average Bonchev–Trinajstić information content (AvgIpc) is 3.12. The summed E-state index contributed by atoms with van der Waals surface area (Å²) >= 11 is 0. The molecule has 1 aliphatic carbocycles. The van der Waals surface area contributed by atoms with E-state index in [0.29, 0.717) is 0 Å². The van der Waals surface area contributed by atoms with Crippen molar-refractivity contribution in [3.05, 3.63) is 106 Å². The third-order valence-electron chi connectivity index (χ3n) is 7.59. The number of unbranched alkanes of at least 4 members (excludes halogenated alkanes) is 2. The van der Waals surface area contributed by atoms with Gasteiger partial charge in [-0.2, -0.15) is 0 Å². The summed E-state index contributed by atoms with van der Waals surface area (Å²) in [6, 6.07) is 11.6. The standard InChI is InChI=1S/C39H52O2/c1-6-10-22-41-23-12-11-15-33(14-7-2)25-32(9-4)26-37-30-39-29-36-20-18-34(16-13-24-40-21-8-3)27-38(36)28-35(39)19-17-31(37)5/h7,14,18-20,25-30H,2,5-6,8-13,15-17,21-24H2,1,3-4H3/b32-25+,33-14-,37-26-. The molecule has 0 saturated heterocycles. The first-order chi connectivity index (χ1) is 20.1. The van der Waals surface area contributed by atoms with Crippen LogP contribution in [0, 0.1) is 0 Å². The second kappa shape index (κ2) is 18.5. The van der Waals surface area contributed by atoms with E-state index in [9.17, 15) is 0 Å². The highest BCUT2D eigenvalue weighted by Crippen LogP contribution is 2.22. The van der Waals surface area contributed by atoms with Crippen LogP contribution in [0.1, 0.15) is 84.1 Å². The van der Waals surface area contributed by atoms with Crippen molar-refractivity contribution in [3.63, 3.8) is 0 Å². The predicted molar refractivity (Wildman–Crippen MR) is 180 cm³/mol. The van der Waals surface area contributed by atoms with Gasteiger partial charge in [-0.3, -0.25) is 0 Å². The molecule has 0 aromatic heterocycles. The van der Waals surface area contributed by atoms with Crippen molar-refractivity contribution in [1.82, 2.24) is 0 Å². The summed E-state index contributed by atoms with van der Waals surface area (Å²) in [6.45, 7) is 18.4. The average molecular weight is 553 g/mol. The number of hydrogen-bond donors (Lipinski definition) is 0. The highest BCUT2D eigenvalue weighted by Gasteiger charge is 2.07. The van der Waals surface area contributed by atoms with Gasteiger partial charge in [-0.25, -0.2) is 0 Å². The molecular formula is C39H52O2.